The minimum Gasteiger partial charge on any atom is -0.352 e. The van der Waals surface area contributed by atoms with E-state index in [1.807, 2.05) is 0 Å². The summed E-state index contributed by atoms with van der Waals surface area (Å²) in [6.45, 7) is 5.32. The second-order valence-corrected chi connectivity index (χ2v) is 3.65. The highest BCUT2D eigenvalue weighted by atomic mass is 19.1. The van der Waals surface area contributed by atoms with E-state index in [9.17, 15) is 9.18 Å². The molecule has 1 aromatic carbocycles. The van der Waals surface area contributed by atoms with Gasteiger partial charge in [0, 0.05) is 26.1 Å². The average Bonchev–Trinajstić information content (AvgIpc) is 2.34. The summed E-state index contributed by atoms with van der Waals surface area (Å²) in [5.74, 6) is -0.292. The molecule has 1 rings (SSSR count). The van der Waals surface area contributed by atoms with Crippen molar-refractivity contribution in [2.45, 2.75) is 13.0 Å². The Morgan fingerprint density at radius 1 is 1.35 bits per heavy atom. The summed E-state index contributed by atoms with van der Waals surface area (Å²) in [7, 11) is 0. The molecule has 1 amide bonds. The molecule has 0 spiro atoms. The molecule has 0 unspecified atom stereocenters. The maximum atomic E-state index is 12.6. The molecule has 17 heavy (non-hydrogen) atoms. The first-order chi connectivity index (χ1) is 8.22. The van der Waals surface area contributed by atoms with Crippen molar-refractivity contribution >= 4 is 5.91 Å². The van der Waals surface area contributed by atoms with Gasteiger partial charge in [-0.15, -0.1) is 6.58 Å². The number of amides is 1. The van der Waals surface area contributed by atoms with Gasteiger partial charge in [-0.1, -0.05) is 18.2 Å². The fourth-order valence-electron chi connectivity index (χ4n) is 1.30. The van der Waals surface area contributed by atoms with Gasteiger partial charge in [0.2, 0.25) is 5.91 Å². The van der Waals surface area contributed by atoms with Crippen LogP contribution in [0.25, 0.3) is 0 Å². The molecule has 0 aliphatic carbocycles. The Kier molecular flexibility index (Phi) is 5.96. The first-order valence-electron chi connectivity index (χ1n) is 5.55. The van der Waals surface area contributed by atoms with Crippen LogP contribution in [0.5, 0.6) is 0 Å². The van der Waals surface area contributed by atoms with Crippen molar-refractivity contribution in [1.29, 1.82) is 0 Å². The van der Waals surface area contributed by atoms with Gasteiger partial charge in [-0.2, -0.15) is 0 Å². The van der Waals surface area contributed by atoms with Crippen LogP contribution < -0.4 is 10.6 Å². The molecule has 0 fully saturated rings. The van der Waals surface area contributed by atoms with Crippen LogP contribution in [0.4, 0.5) is 4.39 Å². The number of carbonyl (C=O) groups is 1. The maximum Gasteiger partial charge on any atom is 0.221 e. The number of nitrogens with one attached hydrogen (secondary N) is 2. The van der Waals surface area contributed by atoms with Crippen LogP contribution in [0, 0.1) is 5.82 Å². The van der Waals surface area contributed by atoms with Crippen LogP contribution in [0.15, 0.2) is 36.9 Å². The Bertz CT molecular complexity index is 362. The number of rotatable bonds is 7. The molecule has 2 N–H and O–H groups in total. The predicted molar refractivity (Wildman–Crippen MR) is 65.9 cm³/mol. The number of hydrogen-bond acceptors (Lipinski definition) is 2. The Labute approximate surface area is 101 Å². The van der Waals surface area contributed by atoms with E-state index in [-0.39, 0.29) is 11.7 Å². The highest BCUT2D eigenvalue weighted by Gasteiger charge is 2.00. The molecule has 0 heterocycles. The molecule has 4 heteroatoms. The second-order valence-electron chi connectivity index (χ2n) is 3.65. The molecule has 0 saturated carbocycles. The van der Waals surface area contributed by atoms with Gasteiger partial charge < -0.3 is 10.6 Å². The number of halogens is 1. The molecule has 92 valence electrons. The van der Waals surface area contributed by atoms with Crippen molar-refractivity contribution in [1.82, 2.24) is 10.6 Å². The lowest BCUT2D eigenvalue weighted by Crippen LogP contribution is -2.27. The highest BCUT2D eigenvalue weighted by molar-refractivity contribution is 5.76. The van der Waals surface area contributed by atoms with Gasteiger partial charge in [0.1, 0.15) is 5.82 Å². The van der Waals surface area contributed by atoms with Crippen LogP contribution in [0.2, 0.25) is 0 Å². The second kappa shape index (κ2) is 7.57. The standard InChI is InChI=1S/C13H17FN2O/c1-2-8-15-9-7-13(17)16-10-11-3-5-12(14)6-4-11/h2-6,15H,1,7-10H2,(H,16,17). The topological polar surface area (TPSA) is 41.1 Å². The van der Waals surface area contributed by atoms with Gasteiger partial charge in [-0.25, -0.2) is 4.39 Å². The van der Waals surface area contributed by atoms with Gasteiger partial charge in [0.25, 0.3) is 0 Å². The molecule has 0 atom stereocenters. The van der Waals surface area contributed by atoms with Crippen molar-refractivity contribution < 1.29 is 9.18 Å². The third-order valence-corrected chi connectivity index (χ3v) is 2.22. The van der Waals surface area contributed by atoms with E-state index in [1.165, 1.54) is 12.1 Å². The van der Waals surface area contributed by atoms with Crippen molar-refractivity contribution in [2.24, 2.45) is 0 Å². The Morgan fingerprint density at radius 2 is 2.06 bits per heavy atom. The van der Waals surface area contributed by atoms with Crippen LogP contribution >= 0.6 is 0 Å². The molecular formula is C13H17FN2O. The van der Waals surface area contributed by atoms with Crippen molar-refractivity contribution in [3.05, 3.63) is 48.3 Å². The summed E-state index contributed by atoms with van der Waals surface area (Å²) < 4.78 is 12.6. The van der Waals surface area contributed by atoms with Gasteiger partial charge in [0.15, 0.2) is 0 Å². The minimum atomic E-state index is -0.270. The van der Waals surface area contributed by atoms with Gasteiger partial charge >= 0.3 is 0 Å². The zero-order valence-corrected chi connectivity index (χ0v) is 9.71. The van der Waals surface area contributed by atoms with Crippen molar-refractivity contribution in [3.63, 3.8) is 0 Å². The molecule has 0 saturated heterocycles. The average molecular weight is 236 g/mol. The fourth-order valence-corrected chi connectivity index (χ4v) is 1.30. The molecule has 0 aliphatic rings. The fraction of sp³-hybridized carbons (Fsp3) is 0.308. The summed E-state index contributed by atoms with van der Waals surface area (Å²) in [5.41, 5.74) is 0.888. The highest BCUT2D eigenvalue weighted by Crippen LogP contribution is 2.01. The van der Waals surface area contributed by atoms with Crippen molar-refractivity contribution in [3.8, 4) is 0 Å². The Hall–Kier alpha value is -1.68. The maximum absolute atomic E-state index is 12.6. The van der Waals surface area contributed by atoms with E-state index in [2.05, 4.69) is 17.2 Å². The van der Waals surface area contributed by atoms with Gasteiger partial charge in [0.05, 0.1) is 0 Å². The molecule has 0 bridgehead atoms. The van der Waals surface area contributed by atoms with Crippen LogP contribution in [0.1, 0.15) is 12.0 Å². The smallest absolute Gasteiger partial charge is 0.221 e. The lowest BCUT2D eigenvalue weighted by Gasteiger charge is -2.05. The molecule has 0 aromatic heterocycles. The van der Waals surface area contributed by atoms with Crippen LogP contribution in [-0.4, -0.2) is 19.0 Å². The number of hydrogen-bond donors (Lipinski definition) is 2. The Morgan fingerprint density at radius 3 is 2.71 bits per heavy atom. The molecular weight excluding hydrogens is 219 g/mol. The predicted octanol–water partition coefficient (Wildman–Crippen LogP) is 1.61. The van der Waals surface area contributed by atoms with Crippen molar-refractivity contribution in [2.75, 3.05) is 13.1 Å². The molecule has 0 radical (unpaired) electrons. The lowest BCUT2D eigenvalue weighted by atomic mass is 10.2. The number of benzene rings is 1. The van der Waals surface area contributed by atoms with E-state index < -0.39 is 0 Å². The summed E-state index contributed by atoms with van der Waals surface area (Å²) in [4.78, 5) is 11.4. The van der Waals surface area contributed by atoms with E-state index in [0.29, 0.717) is 26.1 Å². The third kappa shape index (κ3) is 5.82. The van der Waals surface area contributed by atoms with Gasteiger partial charge in [-0.05, 0) is 17.7 Å². The summed E-state index contributed by atoms with van der Waals surface area (Å²) in [6, 6.07) is 6.08. The quantitative estimate of drug-likeness (QED) is 0.558. The van der Waals surface area contributed by atoms with Crippen LogP contribution in [0.3, 0.4) is 0 Å². The lowest BCUT2D eigenvalue weighted by molar-refractivity contribution is -0.121. The normalized spacial score (nSPS) is 9.94. The first kappa shape index (κ1) is 13.4. The zero-order valence-electron chi connectivity index (χ0n) is 9.71. The van der Waals surface area contributed by atoms with E-state index in [4.69, 9.17) is 0 Å². The largest absolute Gasteiger partial charge is 0.352 e. The number of carbonyl (C=O) groups excluding carboxylic acids is 1. The van der Waals surface area contributed by atoms with Gasteiger partial charge in [-0.3, -0.25) is 4.79 Å². The summed E-state index contributed by atoms with van der Waals surface area (Å²) in [6.07, 6.45) is 2.17. The monoisotopic (exact) mass is 236 g/mol. The molecule has 0 aliphatic heterocycles. The summed E-state index contributed by atoms with van der Waals surface area (Å²) >= 11 is 0. The Balaban J connectivity index is 2.19. The van der Waals surface area contributed by atoms with E-state index in [0.717, 1.165) is 5.56 Å². The first-order valence-corrected chi connectivity index (χ1v) is 5.55. The minimum absolute atomic E-state index is 0.0223. The van der Waals surface area contributed by atoms with E-state index in [1.54, 1.807) is 18.2 Å². The zero-order chi connectivity index (χ0) is 12.5. The molecule has 1 aromatic rings. The van der Waals surface area contributed by atoms with E-state index >= 15 is 0 Å². The molecule has 3 nitrogen and oxygen atoms in total. The summed E-state index contributed by atoms with van der Waals surface area (Å²) in [5, 5.41) is 5.81. The third-order valence-electron chi connectivity index (χ3n) is 2.22. The van der Waals surface area contributed by atoms with Crippen LogP contribution in [-0.2, 0) is 11.3 Å². The SMILES string of the molecule is C=CCNCCC(=O)NCc1ccc(F)cc1.